The minimum atomic E-state index is 0.334. The third kappa shape index (κ3) is 2.75. The standard InChI is InChI=1S/C12H5BrCl2N2O/c13-8-3-10(15)11(4-9(8)14)18-12-6-17-2-1-7(12)5-16/h1-4,6H. The summed E-state index contributed by atoms with van der Waals surface area (Å²) in [5.74, 6) is 0.703. The van der Waals surface area contributed by atoms with Gasteiger partial charge in [-0.25, -0.2) is 0 Å². The zero-order chi connectivity index (χ0) is 13.1. The monoisotopic (exact) mass is 342 g/mol. The van der Waals surface area contributed by atoms with E-state index in [2.05, 4.69) is 20.9 Å². The molecule has 0 amide bonds. The molecule has 0 spiro atoms. The highest BCUT2D eigenvalue weighted by Crippen LogP contribution is 2.36. The lowest BCUT2D eigenvalue weighted by Gasteiger charge is -2.09. The number of rotatable bonds is 2. The number of ether oxygens (including phenoxy) is 1. The molecule has 0 fully saturated rings. The molecular weight excluding hydrogens is 339 g/mol. The lowest BCUT2D eigenvalue weighted by molar-refractivity contribution is 0.479. The highest BCUT2D eigenvalue weighted by Gasteiger charge is 2.10. The van der Waals surface area contributed by atoms with Crippen molar-refractivity contribution in [1.82, 2.24) is 4.98 Å². The number of nitriles is 1. The van der Waals surface area contributed by atoms with E-state index in [1.165, 1.54) is 12.4 Å². The van der Waals surface area contributed by atoms with Gasteiger partial charge in [0, 0.05) is 16.7 Å². The van der Waals surface area contributed by atoms with Crippen LogP contribution < -0.4 is 4.74 Å². The molecule has 0 radical (unpaired) electrons. The molecule has 18 heavy (non-hydrogen) atoms. The van der Waals surface area contributed by atoms with Gasteiger partial charge in [-0.1, -0.05) is 23.2 Å². The van der Waals surface area contributed by atoms with Gasteiger partial charge in [-0.3, -0.25) is 4.98 Å². The van der Waals surface area contributed by atoms with E-state index in [0.29, 0.717) is 31.6 Å². The van der Waals surface area contributed by atoms with Crippen molar-refractivity contribution in [3.05, 3.63) is 50.7 Å². The molecule has 3 nitrogen and oxygen atoms in total. The van der Waals surface area contributed by atoms with Gasteiger partial charge in [0.05, 0.1) is 21.8 Å². The summed E-state index contributed by atoms with van der Waals surface area (Å²) >= 11 is 15.2. The fraction of sp³-hybridized carbons (Fsp3) is 0. The van der Waals surface area contributed by atoms with Crippen LogP contribution in [0.25, 0.3) is 0 Å². The summed E-state index contributed by atoms with van der Waals surface area (Å²) in [5, 5.41) is 9.80. The zero-order valence-corrected chi connectivity index (χ0v) is 11.9. The molecule has 0 bridgehead atoms. The van der Waals surface area contributed by atoms with Crippen molar-refractivity contribution in [3.8, 4) is 17.6 Å². The molecule has 0 saturated carbocycles. The van der Waals surface area contributed by atoms with E-state index in [9.17, 15) is 0 Å². The molecule has 1 aromatic carbocycles. The first kappa shape index (κ1) is 13.2. The average molecular weight is 344 g/mol. The predicted octanol–water partition coefficient (Wildman–Crippen LogP) is 4.81. The fourth-order valence-electron chi connectivity index (χ4n) is 1.25. The Hall–Kier alpha value is -1.28. The molecule has 1 heterocycles. The highest BCUT2D eigenvalue weighted by molar-refractivity contribution is 9.10. The maximum atomic E-state index is 8.94. The Morgan fingerprint density at radius 3 is 2.72 bits per heavy atom. The number of halogens is 3. The topological polar surface area (TPSA) is 45.9 Å². The highest BCUT2D eigenvalue weighted by atomic mass is 79.9. The maximum Gasteiger partial charge on any atom is 0.163 e. The van der Waals surface area contributed by atoms with Gasteiger partial charge in [0.25, 0.3) is 0 Å². The van der Waals surface area contributed by atoms with Crippen molar-refractivity contribution >= 4 is 39.1 Å². The third-order valence-corrected chi connectivity index (χ3v) is 3.59. The van der Waals surface area contributed by atoms with Crippen LogP contribution >= 0.6 is 39.1 Å². The second-order valence-electron chi connectivity index (χ2n) is 3.28. The molecule has 0 saturated heterocycles. The van der Waals surface area contributed by atoms with E-state index in [1.807, 2.05) is 6.07 Å². The number of hydrogen-bond acceptors (Lipinski definition) is 3. The van der Waals surface area contributed by atoms with Crippen LogP contribution in [0.1, 0.15) is 5.56 Å². The number of hydrogen-bond donors (Lipinski definition) is 0. The summed E-state index contributed by atoms with van der Waals surface area (Å²) in [6.45, 7) is 0. The van der Waals surface area contributed by atoms with E-state index in [0.717, 1.165) is 0 Å². The van der Waals surface area contributed by atoms with E-state index >= 15 is 0 Å². The third-order valence-electron chi connectivity index (χ3n) is 2.10. The normalized spacial score (nSPS) is 9.89. The summed E-state index contributed by atoms with van der Waals surface area (Å²) in [6.07, 6.45) is 2.96. The molecule has 0 unspecified atom stereocenters. The SMILES string of the molecule is N#Cc1ccncc1Oc1cc(Cl)c(Br)cc1Cl. The van der Waals surface area contributed by atoms with Crippen LogP contribution in [0.15, 0.2) is 35.1 Å². The minimum Gasteiger partial charge on any atom is -0.453 e. The molecule has 2 aromatic rings. The first-order valence-electron chi connectivity index (χ1n) is 4.78. The van der Waals surface area contributed by atoms with Crippen LogP contribution in [-0.4, -0.2) is 4.98 Å². The Kier molecular flexibility index (Phi) is 4.07. The number of aromatic nitrogens is 1. The summed E-state index contributed by atoms with van der Waals surface area (Å²) in [5.41, 5.74) is 0.375. The number of benzene rings is 1. The van der Waals surface area contributed by atoms with E-state index in [-0.39, 0.29) is 0 Å². The molecule has 0 aliphatic carbocycles. The molecule has 0 aliphatic rings. The van der Waals surface area contributed by atoms with Crippen molar-refractivity contribution in [2.75, 3.05) is 0 Å². The molecule has 0 atom stereocenters. The molecule has 0 N–H and O–H groups in total. The Balaban J connectivity index is 2.41. The van der Waals surface area contributed by atoms with E-state index in [4.69, 9.17) is 33.2 Å². The summed E-state index contributed by atoms with van der Waals surface area (Å²) in [7, 11) is 0. The van der Waals surface area contributed by atoms with Crippen molar-refractivity contribution in [1.29, 1.82) is 5.26 Å². The second-order valence-corrected chi connectivity index (χ2v) is 4.95. The van der Waals surface area contributed by atoms with Crippen LogP contribution in [0, 0.1) is 11.3 Å². The summed E-state index contributed by atoms with van der Waals surface area (Å²) in [4.78, 5) is 3.90. The first-order chi connectivity index (χ1) is 8.61. The van der Waals surface area contributed by atoms with Crippen molar-refractivity contribution in [2.45, 2.75) is 0 Å². The van der Waals surface area contributed by atoms with Gasteiger partial charge in [-0.15, -0.1) is 0 Å². The number of nitrogens with zero attached hydrogens (tertiary/aromatic N) is 2. The van der Waals surface area contributed by atoms with Gasteiger partial charge in [-0.05, 0) is 28.1 Å². The maximum absolute atomic E-state index is 8.94. The Bertz CT molecular complexity index is 640. The largest absolute Gasteiger partial charge is 0.453 e. The summed E-state index contributed by atoms with van der Waals surface area (Å²) < 4.78 is 6.22. The van der Waals surface area contributed by atoms with Gasteiger partial charge >= 0.3 is 0 Å². The van der Waals surface area contributed by atoms with Crippen LogP contribution in [0.5, 0.6) is 11.5 Å². The van der Waals surface area contributed by atoms with Crippen molar-refractivity contribution in [3.63, 3.8) is 0 Å². The lowest BCUT2D eigenvalue weighted by Crippen LogP contribution is -1.90. The lowest BCUT2D eigenvalue weighted by atomic mass is 10.2. The van der Waals surface area contributed by atoms with Gasteiger partial charge < -0.3 is 4.74 Å². The molecule has 2 rings (SSSR count). The summed E-state index contributed by atoms with van der Waals surface area (Å²) in [6, 6.07) is 6.77. The van der Waals surface area contributed by atoms with Gasteiger partial charge in [0.2, 0.25) is 0 Å². The van der Waals surface area contributed by atoms with Crippen LogP contribution in [0.4, 0.5) is 0 Å². The van der Waals surface area contributed by atoms with Crippen LogP contribution in [0.2, 0.25) is 10.0 Å². The first-order valence-corrected chi connectivity index (χ1v) is 6.33. The average Bonchev–Trinajstić information content (AvgIpc) is 2.36. The second kappa shape index (κ2) is 5.57. The molecular formula is C12H5BrCl2N2O. The molecule has 6 heteroatoms. The Labute approximate surface area is 122 Å². The van der Waals surface area contributed by atoms with Gasteiger partial charge in [0.15, 0.2) is 5.75 Å². The Morgan fingerprint density at radius 1 is 1.22 bits per heavy atom. The van der Waals surface area contributed by atoms with Gasteiger partial charge in [-0.2, -0.15) is 5.26 Å². The fourth-order valence-corrected chi connectivity index (χ4v) is 2.09. The molecule has 90 valence electrons. The van der Waals surface area contributed by atoms with Crippen molar-refractivity contribution < 1.29 is 4.74 Å². The van der Waals surface area contributed by atoms with E-state index < -0.39 is 0 Å². The predicted molar refractivity (Wildman–Crippen MR) is 73.2 cm³/mol. The minimum absolute atomic E-state index is 0.334. The smallest absolute Gasteiger partial charge is 0.163 e. The van der Waals surface area contributed by atoms with Gasteiger partial charge in [0.1, 0.15) is 11.8 Å². The molecule has 0 aliphatic heterocycles. The zero-order valence-electron chi connectivity index (χ0n) is 8.82. The quantitative estimate of drug-likeness (QED) is 0.734. The van der Waals surface area contributed by atoms with Crippen LogP contribution in [-0.2, 0) is 0 Å². The van der Waals surface area contributed by atoms with E-state index in [1.54, 1.807) is 18.2 Å². The van der Waals surface area contributed by atoms with Crippen molar-refractivity contribution in [2.24, 2.45) is 0 Å². The number of pyridine rings is 1. The van der Waals surface area contributed by atoms with Crippen LogP contribution in [0.3, 0.4) is 0 Å². The molecule has 1 aromatic heterocycles. The Morgan fingerprint density at radius 2 is 2.00 bits per heavy atom.